The second kappa shape index (κ2) is 9.87. The summed E-state index contributed by atoms with van der Waals surface area (Å²) in [5.41, 5.74) is 2.26. The van der Waals surface area contributed by atoms with E-state index in [0.717, 1.165) is 35.3 Å². The van der Waals surface area contributed by atoms with E-state index in [1.165, 1.54) is 38.5 Å². The van der Waals surface area contributed by atoms with Gasteiger partial charge in [-0.2, -0.15) is 0 Å². The van der Waals surface area contributed by atoms with Crippen molar-refractivity contribution < 1.29 is 18.3 Å². The number of hydrogen-bond donors (Lipinski definition) is 2. The van der Waals surface area contributed by atoms with E-state index in [2.05, 4.69) is 4.72 Å². The van der Waals surface area contributed by atoms with Gasteiger partial charge in [0.05, 0.1) is 4.90 Å². The van der Waals surface area contributed by atoms with Gasteiger partial charge in [-0.1, -0.05) is 35.9 Å². The van der Waals surface area contributed by atoms with Gasteiger partial charge >= 0.3 is 5.97 Å². The van der Waals surface area contributed by atoms with Gasteiger partial charge in [0.1, 0.15) is 0 Å². The summed E-state index contributed by atoms with van der Waals surface area (Å²) in [5, 5.41) is 9.41. The Hall–Kier alpha value is -1.89. The van der Waals surface area contributed by atoms with Crippen LogP contribution < -0.4 is 4.72 Å². The lowest BCUT2D eigenvalue weighted by Gasteiger charge is -2.57. The molecule has 4 fully saturated rings. The first-order valence-corrected chi connectivity index (χ1v) is 14.6. The van der Waals surface area contributed by atoms with Crippen LogP contribution in [0.3, 0.4) is 0 Å². The van der Waals surface area contributed by atoms with Crippen LogP contribution in [0.1, 0.15) is 75.0 Å². The van der Waals surface area contributed by atoms with Crippen LogP contribution in [0, 0.1) is 23.2 Å². The van der Waals surface area contributed by atoms with Crippen molar-refractivity contribution in [3.8, 4) is 0 Å². The fraction of sp³-hybridized carbons (Fsp3) is 0.536. The van der Waals surface area contributed by atoms with Crippen LogP contribution in [0.25, 0.3) is 0 Å². The average Bonchev–Trinajstić information content (AvgIpc) is 2.78. The Balaban J connectivity index is 1.39. The number of benzene rings is 2. The lowest BCUT2D eigenvalue weighted by molar-refractivity contribution is -0.137. The molecular formula is C28H34ClNO4S. The Labute approximate surface area is 213 Å². The van der Waals surface area contributed by atoms with Crippen molar-refractivity contribution in [1.29, 1.82) is 0 Å². The van der Waals surface area contributed by atoms with Gasteiger partial charge < -0.3 is 5.11 Å². The van der Waals surface area contributed by atoms with Crippen molar-refractivity contribution in [2.45, 2.75) is 75.1 Å². The predicted octanol–water partition coefficient (Wildman–Crippen LogP) is 6.37. The maximum Gasteiger partial charge on any atom is 0.303 e. The molecule has 4 aliphatic carbocycles. The van der Waals surface area contributed by atoms with Crippen LogP contribution in [0.15, 0.2) is 53.4 Å². The lowest BCUT2D eigenvalue weighted by atomic mass is 9.48. The normalized spacial score (nSPS) is 28.2. The Morgan fingerprint density at radius 3 is 2.09 bits per heavy atom. The molecule has 0 aliphatic heterocycles. The van der Waals surface area contributed by atoms with Crippen molar-refractivity contribution in [3.63, 3.8) is 0 Å². The largest absolute Gasteiger partial charge is 0.481 e. The number of carbonyl (C=O) groups is 1. The average molecular weight is 516 g/mol. The van der Waals surface area contributed by atoms with E-state index in [-0.39, 0.29) is 22.8 Å². The van der Waals surface area contributed by atoms with Crippen molar-refractivity contribution in [2.75, 3.05) is 0 Å². The molecule has 4 saturated carbocycles. The third-order valence-corrected chi connectivity index (χ3v) is 10.2. The Bertz CT molecular complexity index is 1130. The maximum absolute atomic E-state index is 13.4. The molecule has 0 amide bonds. The molecule has 2 aromatic carbocycles. The third-order valence-electron chi connectivity index (χ3n) is 8.46. The molecule has 188 valence electrons. The molecule has 0 heterocycles. The molecule has 1 atom stereocenters. The fourth-order valence-corrected chi connectivity index (χ4v) is 8.78. The minimum absolute atomic E-state index is 0.150. The van der Waals surface area contributed by atoms with Crippen molar-refractivity contribution >= 4 is 27.6 Å². The summed E-state index contributed by atoms with van der Waals surface area (Å²) in [7, 11) is -3.72. The summed E-state index contributed by atoms with van der Waals surface area (Å²) in [4.78, 5) is 11.1. The second-order valence-electron chi connectivity index (χ2n) is 11.2. The SMILES string of the molecule is O=C(O)CCCc1ccc(C(CC23CC4CC(CC(C4)C2)C3)NS(=O)(=O)c2ccc(Cl)cc2)cc1. The second-order valence-corrected chi connectivity index (χ2v) is 13.4. The molecular weight excluding hydrogens is 482 g/mol. The summed E-state index contributed by atoms with van der Waals surface area (Å²) < 4.78 is 29.8. The quantitative estimate of drug-likeness (QED) is 0.385. The van der Waals surface area contributed by atoms with Crippen LogP contribution in [0.5, 0.6) is 0 Å². The number of halogens is 1. The van der Waals surface area contributed by atoms with Crippen LogP contribution in [0.4, 0.5) is 0 Å². The number of carboxylic acids is 1. The highest BCUT2D eigenvalue weighted by Crippen LogP contribution is 2.62. The van der Waals surface area contributed by atoms with Crippen molar-refractivity contribution in [3.05, 3.63) is 64.7 Å². The van der Waals surface area contributed by atoms with E-state index in [1.54, 1.807) is 24.3 Å². The van der Waals surface area contributed by atoms with E-state index in [1.807, 2.05) is 24.3 Å². The van der Waals surface area contributed by atoms with Crippen molar-refractivity contribution in [1.82, 2.24) is 4.72 Å². The zero-order valence-corrected chi connectivity index (χ0v) is 21.5. The lowest BCUT2D eigenvalue weighted by Crippen LogP contribution is -2.47. The van der Waals surface area contributed by atoms with E-state index in [9.17, 15) is 13.2 Å². The Morgan fingerprint density at radius 2 is 1.54 bits per heavy atom. The molecule has 1 unspecified atom stereocenters. The number of nitrogens with one attached hydrogen (secondary N) is 1. The molecule has 0 radical (unpaired) electrons. The summed E-state index contributed by atoms with van der Waals surface area (Å²) in [5.74, 6) is 1.61. The van der Waals surface area contributed by atoms with Crippen LogP contribution in [0.2, 0.25) is 5.02 Å². The first-order chi connectivity index (χ1) is 16.7. The van der Waals surface area contributed by atoms with Gasteiger partial charge in [0.2, 0.25) is 10.0 Å². The van der Waals surface area contributed by atoms with Gasteiger partial charge in [-0.15, -0.1) is 0 Å². The summed E-state index contributed by atoms with van der Waals surface area (Å²) in [6.45, 7) is 0. The van der Waals surface area contributed by atoms with Gasteiger partial charge in [-0.05, 0) is 116 Å². The fourth-order valence-electron chi connectivity index (χ4n) is 7.43. The third kappa shape index (κ3) is 5.76. The van der Waals surface area contributed by atoms with E-state index < -0.39 is 16.0 Å². The summed E-state index contributed by atoms with van der Waals surface area (Å²) in [6, 6.07) is 14.1. The highest BCUT2D eigenvalue weighted by Gasteiger charge is 2.51. The minimum atomic E-state index is -3.72. The highest BCUT2D eigenvalue weighted by molar-refractivity contribution is 7.89. The molecule has 0 aromatic heterocycles. The molecule has 4 aliphatic rings. The van der Waals surface area contributed by atoms with Gasteiger partial charge in [-0.25, -0.2) is 13.1 Å². The standard InChI is InChI=1S/C28H34ClNO4S/c29-24-8-10-25(11-9-24)35(33,34)30-26(23-6-4-19(5-7-23)2-1-3-27(31)32)18-28-15-20-12-21(16-28)14-22(13-20)17-28/h4-11,20-22,26,30H,1-3,12-18H2,(H,31,32). The molecule has 4 bridgehead atoms. The van der Waals surface area contributed by atoms with Crippen LogP contribution >= 0.6 is 11.6 Å². The van der Waals surface area contributed by atoms with Gasteiger partial charge in [0.25, 0.3) is 0 Å². The van der Waals surface area contributed by atoms with Crippen LogP contribution in [-0.4, -0.2) is 19.5 Å². The van der Waals surface area contributed by atoms with Gasteiger partial charge in [0.15, 0.2) is 0 Å². The molecule has 0 spiro atoms. The minimum Gasteiger partial charge on any atom is -0.481 e. The molecule has 2 N–H and O–H groups in total. The van der Waals surface area contributed by atoms with E-state index in [0.29, 0.717) is 17.9 Å². The molecule has 0 saturated heterocycles. The number of aryl methyl sites for hydroxylation is 1. The zero-order chi connectivity index (χ0) is 24.6. The monoisotopic (exact) mass is 515 g/mol. The molecule has 35 heavy (non-hydrogen) atoms. The number of rotatable bonds is 10. The molecule has 7 heteroatoms. The van der Waals surface area contributed by atoms with Crippen molar-refractivity contribution in [2.24, 2.45) is 23.2 Å². The highest BCUT2D eigenvalue weighted by atomic mass is 35.5. The van der Waals surface area contributed by atoms with Crippen LogP contribution in [-0.2, 0) is 21.2 Å². The Kier molecular flexibility index (Phi) is 6.99. The molecule has 5 nitrogen and oxygen atoms in total. The first-order valence-electron chi connectivity index (χ1n) is 12.8. The molecule has 2 aromatic rings. The van der Waals surface area contributed by atoms with E-state index >= 15 is 0 Å². The van der Waals surface area contributed by atoms with Gasteiger partial charge in [0, 0.05) is 17.5 Å². The topological polar surface area (TPSA) is 83.5 Å². The van der Waals surface area contributed by atoms with Gasteiger partial charge in [-0.3, -0.25) is 4.79 Å². The number of aliphatic carboxylic acids is 1. The Morgan fingerprint density at radius 1 is 0.971 bits per heavy atom. The van der Waals surface area contributed by atoms with E-state index in [4.69, 9.17) is 16.7 Å². The number of sulfonamides is 1. The molecule has 6 rings (SSSR count). The number of carboxylic acid groups (broad SMARTS) is 1. The smallest absolute Gasteiger partial charge is 0.303 e. The summed E-state index contributed by atoms with van der Waals surface area (Å²) in [6.07, 6.45) is 9.96. The first kappa shape index (κ1) is 24.8. The maximum atomic E-state index is 13.4. The predicted molar refractivity (Wildman–Crippen MR) is 137 cm³/mol. The zero-order valence-electron chi connectivity index (χ0n) is 20.0. The summed E-state index contributed by atoms with van der Waals surface area (Å²) >= 11 is 5.99. The number of hydrogen-bond acceptors (Lipinski definition) is 3.